The maximum absolute atomic E-state index is 13.6. The van der Waals surface area contributed by atoms with Gasteiger partial charge in [-0.1, -0.05) is 43.2 Å². The molecule has 0 spiro atoms. The van der Waals surface area contributed by atoms with E-state index in [1.165, 1.54) is 5.56 Å². The lowest BCUT2D eigenvalue weighted by molar-refractivity contribution is -0.145. The van der Waals surface area contributed by atoms with Crippen molar-refractivity contribution in [3.8, 4) is 0 Å². The van der Waals surface area contributed by atoms with Crippen molar-refractivity contribution in [1.29, 1.82) is 0 Å². The third-order valence-corrected chi connectivity index (χ3v) is 5.87. The molecular weight excluding hydrogens is 326 g/mol. The standard InChI is InChI=1S/C21H27N3O2/c1-16-14-23(2)19(22-16)18-15-24(12-13-26-18)20(25)21(10-6-7-11-21)17-8-4-3-5-9-17/h3-5,8-9,14,18H,6-7,10-13,15H2,1-2H3/t18-/m1/s1. The summed E-state index contributed by atoms with van der Waals surface area (Å²) in [6.07, 6.45) is 5.97. The molecule has 1 aromatic carbocycles. The van der Waals surface area contributed by atoms with Crippen molar-refractivity contribution in [2.45, 2.75) is 44.1 Å². The number of aromatic nitrogens is 2. The molecule has 0 N–H and O–H groups in total. The van der Waals surface area contributed by atoms with Gasteiger partial charge in [0.25, 0.3) is 0 Å². The summed E-state index contributed by atoms with van der Waals surface area (Å²) < 4.78 is 7.97. The van der Waals surface area contributed by atoms with Gasteiger partial charge < -0.3 is 14.2 Å². The van der Waals surface area contributed by atoms with Gasteiger partial charge in [0, 0.05) is 19.8 Å². The predicted octanol–water partition coefficient (Wildman–Crippen LogP) is 3.14. The number of hydrogen-bond acceptors (Lipinski definition) is 3. The Morgan fingerprint density at radius 1 is 1.23 bits per heavy atom. The Balaban J connectivity index is 1.59. The third-order valence-electron chi connectivity index (χ3n) is 5.87. The van der Waals surface area contributed by atoms with Gasteiger partial charge in [0.1, 0.15) is 11.9 Å². The topological polar surface area (TPSA) is 47.4 Å². The first-order valence-corrected chi connectivity index (χ1v) is 9.56. The maximum atomic E-state index is 13.6. The molecule has 2 heterocycles. The molecular formula is C21H27N3O2. The first-order valence-electron chi connectivity index (χ1n) is 9.56. The van der Waals surface area contributed by atoms with Crippen molar-refractivity contribution in [2.75, 3.05) is 19.7 Å². The van der Waals surface area contributed by atoms with Crippen LogP contribution in [0.5, 0.6) is 0 Å². The summed E-state index contributed by atoms with van der Waals surface area (Å²) in [4.78, 5) is 20.2. The number of morpholine rings is 1. The average molecular weight is 353 g/mol. The first-order chi connectivity index (χ1) is 12.6. The second-order valence-electron chi connectivity index (χ2n) is 7.62. The molecule has 1 aliphatic heterocycles. The van der Waals surface area contributed by atoms with Crippen LogP contribution in [0, 0.1) is 6.92 Å². The normalized spacial score (nSPS) is 22.5. The number of carbonyl (C=O) groups excluding carboxylic acids is 1. The minimum Gasteiger partial charge on any atom is -0.367 e. The van der Waals surface area contributed by atoms with Crippen LogP contribution in [0.2, 0.25) is 0 Å². The fourth-order valence-electron chi connectivity index (χ4n) is 4.59. The van der Waals surface area contributed by atoms with Crippen LogP contribution in [0.1, 0.15) is 48.9 Å². The van der Waals surface area contributed by atoms with Gasteiger partial charge in [-0.05, 0) is 25.3 Å². The number of ether oxygens (including phenoxy) is 1. The molecule has 1 aromatic heterocycles. The van der Waals surface area contributed by atoms with Gasteiger partial charge in [-0.25, -0.2) is 4.98 Å². The minimum atomic E-state index is -0.360. The van der Waals surface area contributed by atoms with Crippen molar-refractivity contribution in [3.63, 3.8) is 0 Å². The number of nitrogens with zero attached hydrogens (tertiary/aromatic N) is 3. The Bertz CT molecular complexity index is 778. The van der Waals surface area contributed by atoms with E-state index in [0.717, 1.165) is 37.2 Å². The Kier molecular flexibility index (Phi) is 4.57. The van der Waals surface area contributed by atoms with Crippen LogP contribution in [-0.2, 0) is 22.0 Å². The highest BCUT2D eigenvalue weighted by molar-refractivity contribution is 5.88. The van der Waals surface area contributed by atoms with Crippen LogP contribution >= 0.6 is 0 Å². The van der Waals surface area contributed by atoms with Crippen LogP contribution in [0.25, 0.3) is 0 Å². The summed E-state index contributed by atoms with van der Waals surface area (Å²) in [7, 11) is 1.99. The van der Waals surface area contributed by atoms with Crippen molar-refractivity contribution < 1.29 is 9.53 Å². The van der Waals surface area contributed by atoms with E-state index in [1.54, 1.807) is 0 Å². The maximum Gasteiger partial charge on any atom is 0.233 e. The van der Waals surface area contributed by atoms with E-state index in [2.05, 4.69) is 17.1 Å². The zero-order valence-electron chi connectivity index (χ0n) is 15.6. The van der Waals surface area contributed by atoms with Crippen LogP contribution in [0.15, 0.2) is 36.5 Å². The molecule has 0 unspecified atom stereocenters. The van der Waals surface area contributed by atoms with Gasteiger partial charge in [-0.15, -0.1) is 0 Å². The monoisotopic (exact) mass is 353 g/mol. The fraction of sp³-hybridized carbons (Fsp3) is 0.524. The van der Waals surface area contributed by atoms with Gasteiger partial charge in [0.15, 0.2) is 0 Å². The van der Waals surface area contributed by atoms with Crippen molar-refractivity contribution >= 4 is 5.91 Å². The van der Waals surface area contributed by atoms with E-state index in [-0.39, 0.29) is 17.4 Å². The quantitative estimate of drug-likeness (QED) is 0.852. The third kappa shape index (κ3) is 2.94. The summed E-state index contributed by atoms with van der Waals surface area (Å²) in [6, 6.07) is 10.3. The molecule has 0 bridgehead atoms. The van der Waals surface area contributed by atoms with Crippen LogP contribution < -0.4 is 0 Å². The van der Waals surface area contributed by atoms with Gasteiger partial charge in [-0.2, -0.15) is 0 Å². The van der Waals surface area contributed by atoms with Crippen molar-refractivity contribution in [1.82, 2.24) is 14.5 Å². The molecule has 5 heteroatoms. The molecule has 2 aromatic rings. The second kappa shape index (κ2) is 6.88. The van der Waals surface area contributed by atoms with E-state index in [9.17, 15) is 4.79 Å². The minimum absolute atomic E-state index is 0.152. The Hall–Kier alpha value is -2.14. The SMILES string of the molecule is Cc1cn(C)c([C@H]2CN(C(=O)C3(c4ccccc4)CCCC3)CCO2)n1. The summed E-state index contributed by atoms with van der Waals surface area (Å²) in [6.45, 7) is 3.79. The molecule has 1 saturated carbocycles. The predicted molar refractivity (Wildman–Crippen MR) is 99.8 cm³/mol. The Morgan fingerprint density at radius 2 is 1.96 bits per heavy atom. The first kappa shape index (κ1) is 17.3. The number of imidazole rings is 1. The lowest BCUT2D eigenvalue weighted by Gasteiger charge is -2.39. The largest absolute Gasteiger partial charge is 0.367 e. The number of benzene rings is 1. The van der Waals surface area contributed by atoms with Crippen molar-refractivity contribution in [2.24, 2.45) is 7.05 Å². The Morgan fingerprint density at radius 3 is 2.62 bits per heavy atom. The number of amides is 1. The van der Waals surface area contributed by atoms with Crippen LogP contribution in [0.3, 0.4) is 0 Å². The molecule has 26 heavy (non-hydrogen) atoms. The van der Waals surface area contributed by atoms with Crippen LogP contribution in [-0.4, -0.2) is 40.1 Å². The molecule has 2 aliphatic rings. The number of rotatable bonds is 3. The fourth-order valence-corrected chi connectivity index (χ4v) is 4.59. The zero-order chi connectivity index (χ0) is 18.1. The molecule has 1 atom stereocenters. The van der Waals surface area contributed by atoms with Crippen molar-refractivity contribution in [3.05, 3.63) is 53.6 Å². The lowest BCUT2D eigenvalue weighted by atomic mass is 9.77. The number of hydrogen-bond donors (Lipinski definition) is 0. The highest BCUT2D eigenvalue weighted by Gasteiger charge is 2.46. The van der Waals surface area contributed by atoms with E-state index < -0.39 is 0 Å². The summed E-state index contributed by atoms with van der Waals surface area (Å²) in [5.74, 6) is 1.17. The average Bonchev–Trinajstić information content (AvgIpc) is 3.29. The highest BCUT2D eigenvalue weighted by atomic mass is 16.5. The highest BCUT2D eigenvalue weighted by Crippen LogP contribution is 2.43. The molecule has 1 amide bonds. The smallest absolute Gasteiger partial charge is 0.233 e. The molecule has 5 nitrogen and oxygen atoms in total. The number of carbonyl (C=O) groups is 1. The zero-order valence-corrected chi connectivity index (χ0v) is 15.6. The number of aryl methyl sites for hydroxylation is 2. The lowest BCUT2D eigenvalue weighted by Crippen LogP contribution is -2.50. The van der Waals surface area contributed by atoms with Gasteiger partial charge >= 0.3 is 0 Å². The van der Waals surface area contributed by atoms with E-state index >= 15 is 0 Å². The van der Waals surface area contributed by atoms with Gasteiger partial charge in [0.05, 0.1) is 24.3 Å². The molecule has 1 saturated heterocycles. The summed E-state index contributed by atoms with van der Waals surface area (Å²) in [5.41, 5.74) is 1.78. The van der Waals surface area contributed by atoms with E-state index in [1.807, 2.05) is 47.8 Å². The summed E-state index contributed by atoms with van der Waals surface area (Å²) >= 11 is 0. The molecule has 138 valence electrons. The molecule has 1 aliphatic carbocycles. The molecule has 2 fully saturated rings. The van der Waals surface area contributed by atoms with E-state index in [4.69, 9.17) is 4.74 Å². The van der Waals surface area contributed by atoms with Gasteiger partial charge in [-0.3, -0.25) is 4.79 Å². The summed E-state index contributed by atoms with van der Waals surface area (Å²) in [5, 5.41) is 0. The molecule has 4 rings (SSSR count). The Labute approximate surface area is 155 Å². The second-order valence-corrected chi connectivity index (χ2v) is 7.62. The van der Waals surface area contributed by atoms with Crippen LogP contribution in [0.4, 0.5) is 0 Å². The van der Waals surface area contributed by atoms with E-state index in [0.29, 0.717) is 19.7 Å². The molecule has 0 radical (unpaired) electrons. The van der Waals surface area contributed by atoms with Gasteiger partial charge in [0.2, 0.25) is 5.91 Å².